The summed E-state index contributed by atoms with van der Waals surface area (Å²) in [6, 6.07) is 184. The number of benzene rings is 21. The Morgan fingerprint density at radius 2 is 0.303 bits per heavy atom. The molecule has 27 rings (SSSR count). The third-order valence-corrected chi connectivity index (χ3v) is 26.8. The van der Waals surface area contributed by atoms with Gasteiger partial charge in [0.1, 0.15) is 0 Å². The van der Waals surface area contributed by atoms with E-state index in [1.807, 2.05) is 0 Å². The van der Waals surface area contributed by atoms with Gasteiger partial charge in [-0.15, -0.1) is 0 Å². The molecule has 0 unspecified atom stereocenters. The van der Waals surface area contributed by atoms with E-state index >= 15 is 0 Å². The molecular formula is C126H84N6. The normalized spacial score (nSPS) is 11.6. The van der Waals surface area contributed by atoms with E-state index in [1.54, 1.807) is 0 Å². The molecule has 0 fully saturated rings. The molecule has 21 aromatic carbocycles. The summed E-state index contributed by atoms with van der Waals surface area (Å²) in [4.78, 5) is 0. The summed E-state index contributed by atoms with van der Waals surface area (Å²) in [5.41, 5.74) is 36.2. The fraction of sp³-hybridized carbons (Fsp3) is 0. The van der Waals surface area contributed by atoms with Crippen LogP contribution >= 0.6 is 0 Å². The Balaban J connectivity index is 0.000000107. The minimum Gasteiger partial charge on any atom is -0.309 e. The zero-order chi connectivity index (χ0) is 87.1. The van der Waals surface area contributed by atoms with Gasteiger partial charge >= 0.3 is 0 Å². The molecule has 0 aliphatic heterocycles. The summed E-state index contributed by atoms with van der Waals surface area (Å²) in [6.07, 6.45) is 0. The van der Waals surface area contributed by atoms with E-state index in [9.17, 15) is 0 Å². The van der Waals surface area contributed by atoms with Crippen molar-refractivity contribution in [3.8, 4) is 101 Å². The van der Waals surface area contributed by atoms with Crippen LogP contribution in [-0.4, -0.2) is 27.4 Å². The van der Waals surface area contributed by atoms with Crippen molar-refractivity contribution >= 4 is 131 Å². The van der Waals surface area contributed by atoms with Gasteiger partial charge in [-0.2, -0.15) is 0 Å². The van der Waals surface area contributed by atoms with Gasteiger partial charge in [0.15, 0.2) is 0 Å². The molecule has 0 amide bonds. The Morgan fingerprint density at radius 1 is 0.0985 bits per heavy atom. The quantitative estimate of drug-likeness (QED) is 0.117. The van der Waals surface area contributed by atoms with Crippen LogP contribution in [0.5, 0.6) is 0 Å². The third-order valence-electron chi connectivity index (χ3n) is 26.8. The molecule has 0 saturated heterocycles. The van der Waals surface area contributed by atoms with Crippen LogP contribution in [0.3, 0.4) is 0 Å². The highest BCUT2D eigenvalue weighted by atomic mass is 15.0. The molecule has 0 spiro atoms. The van der Waals surface area contributed by atoms with Crippen LogP contribution in [0.1, 0.15) is 0 Å². The van der Waals surface area contributed by atoms with E-state index < -0.39 is 0 Å². The lowest BCUT2D eigenvalue weighted by Crippen LogP contribution is -1.94. The summed E-state index contributed by atoms with van der Waals surface area (Å²) in [5.74, 6) is 0. The van der Waals surface area contributed by atoms with Gasteiger partial charge in [0.05, 0.1) is 66.2 Å². The topological polar surface area (TPSA) is 29.6 Å². The molecule has 6 nitrogen and oxygen atoms in total. The summed E-state index contributed by atoms with van der Waals surface area (Å²) < 4.78 is 14.3. The minimum absolute atomic E-state index is 1.15. The van der Waals surface area contributed by atoms with Gasteiger partial charge in [-0.1, -0.05) is 358 Å². The van der Waals surface area contributed by atoms with Crippen molar-refractivity contribution in [1.82, 2.24) is 27.4 Å². The molecule has 6 heterocycles. The molecule has 0 aliphatic carbocycles. The molecule has 0 N–H and O–H groups in total. The molecule has 27 aromatic rings. The highest BCUT2D eigenvalue weighted by Crippen LogP contribution is 2.46. The smallest absolute Gasteiger partial charge is 0.0547 e. The van der Waals surface area contributed by atoms with Gasteiger partial charge in [0.25, 0.3) is 0 Å². The molecule has 0 aliphatic rings. The second-order valence-corrected chi connectivity index (χ2v) is 34.2. The highest BCUT2D eigenvalue weighted by molar-refractivity contribution is 6.19. The number of nitrogens with zero attached hydrogens (tertiary/aromatic N) is 6. The standard InChI is InChI=1S/C48H32N2.C42H28N2.C36H24N2/c1-3-12-33(13-4-1)34-22-24-35(25-23-34)36-26-29-39(30-27-36)50-45-20-10-8-17-42(45)48-40(18-11-21-47(48)50)37-28-31-46-43(32-37)41-16-7-9-19-44(41)49(46)38-14-5-2-6-15-38;1-3-11-29(12-4-1)30-19-23-34(24-20-30)44-40-18-10-8-16-36(40)38-26-22-32(28-42(38)44)31-21-25-37-35-15-7-9-17-39(35)43(41(37)27-31)33-13-5-2-6-14-33;1-3-11-27(12-4-1)37-33-17-9-7-15-29(33)31-21-19-25(23-35(31)37)26-20-22-32-30-16-8-10-18-34(30)38(36(32)24-26)28-13-5-2-6-14-28/h1-32H;1-28H;1-24H. The van der Waals surface area contributed by atoms with E-state index in [0.717, 1.165) is 11.4 Å². The number of hydrogen-bond acceptors (Lipinski definition) is 0. The van der Waals surface area contributed by atoms with Crippen molar-refractivity contribution in [3.63, 3.8) is 0 Å². The number of rotatable bonds is 12. The molecule has 0 saturated carbocycles. The Morgan fingerprint density at radius 3 is 0.629 bits per heavy atom. The maximum Gasteiger partial charge on any atom is 0.0547 e. The summed E-state index contributed by atoms with van der Waals surface area (Å²) in [7, 11) is 0. The number of para-hydroxylation sites is 10. The van der Waals surface area contributed by atoms with Crippen molar-refractivity contribution in [2.45, 2.75) is 0 Å². The Bertz CT molecular complexity index is 8920. The number of fused-ring (bicyclic) bond motifs is 18. The monoisotopic (exact) mass is 1680 g/mol. The average molecular weight is 1680 g/mol. The Kier molecular flexibility index (Phi) is 18.8. The predicted octanol–water partition coefficient (Wildman–Crippen LogP) is 33.6. The second kappa shape index (κ2) is 32.4. The molecule has 618 valence electrons. The van der Waals surface area contributed by atoms with Gasteiger partial charge < -0.3 is 27.4 Å². The zero-order valence-corrected chi connectivity index (χ0v) is 72.2. The van der Waals surface area contributed by atoms with Crippen molar-refractivity contribution < 1.29 is 0 Å². The van der Waals surface area contributed by atoms with E-state index in [2.05, 4.69) is 537 Å². The zero-order valence-electron chi connectivity index (χ0n) is 72.2. The van der Waals surface area contributed by atoms with Crippen LogP contribution in [0.15, 0.2) is 510 Å². The van der Waals surface area contributed by atoms with E-state index in [4.69, 9.17) is 0 Å². The van der Waals surface area contributed by atoms with Crippen molar-refractivity contribution in [2.75, 3.05) is 0 Å². The molecule has 0 atom stereocenters. The summed E-state index contributed by atoms with van der Waals surface area (Å²) >= 11 is 0. The third kappa shape index (κ3) is 13.2. The lowest BCUT2D eigenvalue weighted by Gasteiger charge is -2.11. The molecular weight excluding hydrogens is 1600 g/mol. The van der Waals surface area contributed by atoms with Gasteiger partial charge in [-0.25, -0.2) is 0 Å². The number of hydrogen-bond donors (Lipinski definition) is 0. The van der Waals surface area contributed by atoms with Gasteiger partial charge in [-0.05, 0) is 218 Å². The van der Waals surface area contributed by atoms with Crippen molar-refractivity contribution in [1.29, 1.82) is 0 Å². The van der Waals surface area contributed by atoms with Crippen LogP contribution in [0, 0.1) is 0 Å². The first-order valence-electron chi connectivity index (χ1n) is 45.4. The highest BCUT2D eigenvalue weighted by Gasteiger charge is 2.23. The first kappa shape index (κ1) is 76.8. The van der Waals surface area contributed by atoms with Crippen LogP contribution < -0.4 is 0 Å². The lowest BCUT2D eigenvalue weighted by atomic mass is 9.98. The molecule has 132 heavy (non-hydrogen) atoms. The van der Waals surface area contributed by atoms with E-state index in [0.29, 0.717) is 0 Å². The Hall–Kier alpha value is -17.6. The van der Waals surface area contributed by atoms with Gasteiger partial charge in [0.2, 0.25) is 0 Å². The molecule has 6 aromatic heterocycles. The first-order valence-corrected chi connectivity index (χ1v) is 45.4. The molecule has 0 radical (unpaired) electrons. The molecule has 6 heteroatoms. The van der Waals surface area contributed by atoms with Crippen LogP contribution in [0.25, 0.3) is 232 Å². The largest absolute Gasteiger partial charge is 0.309 e. The average Bonchev–Trinajstić information content (AvgIpc) is 1.58. The van der Waals surface area contributed by atoms with Gasteiger partial charge in [-0.3, -0.25) is 0 Å². The van der Waals surface area contributed by atoms with Crippen molar-refractivity contribution in [3.05, 3.63) is 510 Å². The maximum atomic E-state index is 2.41. The van der Waals surface area contributed by atoms with Gasteiger partial charge in [0, 0.05) is 98.8 Å². The Labute approximate surface area is 763 Å². The van der Waals surface area contributed by atoms with Crippen molar-refractivity contribution in [2.24, 2.45) is 0 Å². The van der Waals surface area contributed by atoms with E-state index in [-0.39, 0.29) is 0 Å². The van der Waals surface area contributed by atoms with Crippen LogP contribution in [0.2, 0.25) is 0 Å². The molecule has 0 bridgehead atoms. The number of aromatic nitrogens is 6. The SMILES string of the molecule is c1ccc(-c2ccc(-c3ccc(-n4c5ccccc5c5c(-c6ccc7c(c6)c6ccccc6n7-c6ccccc6)cccc54)cc3)cc2)cc1.c1ccc(-c2ccc(-n3c4ccccc4c4ccc(-c5ccc6c7ccccc7n(-c7ccccc7)c6c5)cc43)cc2)cc1.c1ccc(-n2c3ccccc3c3ccc(-c4ccc5c6ccccc6n(-c6ccccc6)c5c4)cc32)cc1. The summed E-state index contributed by atoms with van der Waals surface area (Å²) in [5, 5.41) is 15.2. The van der Waals surface area contributed by atoms with Crippen LogP contribution in [0.4, 0.5) is 0 Å². The fourth-order valence-corrected chi connectivity index (χ4v) is 20.7. The first-order chi connectivity index (χ1) is 65.5. The lowest BCUT2D eigenvalue weighted by molar-refractivity contribution is 1.18. The second-order valence-electron chi connectivity index (χ2n) is 34.2. The maximum absolute atomic E-state index is 2.41. The predicted molar refractivity (Wildman–Crippen MR) is 558 cm³/mol. The van der Waals surface area contributed by atoms with E-state index in [1.165, 1.54) is 220 Å². The minimum atomic E-state index is 1.15. The summed E-state index contributed by atoms with van der Waals surface area (Å²) in [6.45, 7) is 0. The van der Waals surface area contributed by atoms with Crippen LogP contribution in [-0.2, 0) is 0 Å². The fourth-order valence-electron chi connectivity index (χ4n) is 20.7.